The van der Waals surface area contributed by atoms with E-state index in [9.17, 15) is 24.3 Å². The minimum absolute atomic E-state index is 0.0277. The molecule has 1 aliphatic carbocycles. The van der Waals surface area contributed by atoms with Crippen molar-refractivity contribution in [2.75, 3.05) is 19.6 Å². The predicted molar refractivity (Wildman–Crippen MR) is 188 cm³/mol. The number of pyridine rings is 1. The van der Waals surface area contributed by atoms with E-state index in [0.29, 0.717) is 42.8 Å². The highest BCUT2D eigenvalue weighted by Crippen LogP contribution is 2.38. The number of aliphatic hydroxyl groups is 1. The molecule has 0 unspecified atom stereocenters. The molecule has 2 aliphatic rings. The van der Waals surface area contributed by atoms with E-state index in [1.807, 2.05) is 48.5 Å². The Kier molecular flexibility index (Phi) is 12.4. The van der Waals surface area contributed by atoms with Crippen LogP contribution in [0.25, 0.3) is 10.9 Å². The van der Waals surface area contributed by atoms with Gasteiger partial charge < -0.3 is 26.8 Å². The lowest BCUT2D eigenvalue weighted by Gasteiger charge is -2.46. The molecule has 1 aromatic heterocycles. The zero-order chi connectivity index (χ0) is 34.9. The Morgan fingerprint density at radius 3 is 2.39 bits per heavy atom. The van der Waals surface area contributed by atoms with E-state index in [1.165, 1.54) is 6.42 Å². The third kappa shape index (κ3) is 9.86. The van der Waals surface area contributed by atoms with E-state index in [2.05, 4.69) is 39.7 Å². The number of aromatic nitrogens is 1. The van der Waals surface area contributed by atoms with E-state index < -0.39 is 42.3 Å². The van der Waals surface area contributed by atoms with Gasteiger partial charge >= 0.3 is 0 Å². The number of primary amides is 1. The SMILES string of the molecule is CC(C)CNC(=O)[C@@H]1C[C@@H]2CCCC[C@@H]2CN1C[C@@H](O)[C@H](Cc1ccccc1)NC(=O)[C@H](CC(N)=O)NC(=O)c1ccc2ccccc2n1. The van der Waals surface area contributed by atoms with Crippen LogP contribution in [0.2, 0.25) is 0 Å². The van der Waals surface area contributed by atoms with E-state index in [1.54, 1.807) is 18.2 Å². The summed E-state index contributed by atoms with van der Waals surface area (Å²) in [5.41, 5.74) is 7.12. The number of aliphatic hydroxyl groups excluding tert-OH is 1. The molecule has 3 aromatic rings. The monoisotopic (exact) mass is 670 g/mol. The molecule has 1 saturated heterocycles. The molecule has 0 spiro atoms. The quantitative estimate of drug-likeness (QED) is 0.176. The fraction of sp³-hybridized carbons (Fsp3) is 0.500. The number of hydrogen-bond donors (Lipinski definition) is 5. The van der Waals surface area contributed by atoms with Gasteiger partial charge in [0.05, 0.1) is 30.1 Å². The summed E-state index contributed by atoms with van der Waals surface area (Å²) >= 11 is 0. The summed E-state index contributed by atoms with van der Waals surface area (Å²) in [6.45, 7) is 5.57. The second-order valence-electron chi connectivity index (χ2n) is 14.1. The molecule has 2 aromatic carbocycles. The number of nitrogens with two attached hydrogens (primary N) is 1. The van der Waals surface area contributed by atoms with Crippen LogP contribution < -0.4 is 21.7 Å². The number of piperidine rings is 1. The molecule has 2 fully saturated rings. The molecule has 0 bridgehead atoms. The second kappa shape index (κ2) is 16.8. The molecule has 2 heterocycles. The van der Waals surface area contributed by atoms with E-state index in [0.717, 1.165) is 36.6 Å². The molecule has 11 nitrogen and oxygen atoms in total. The van der Waals surface area contributed by atoms with Crippen LogP contribution in [0.3, 0.4) is 0 Å². The Morgan fingerprint density at radius 2 is 1.65 bits per heavy atom. The number of nitrogens with one attached hydrogen (secondary N) is 3. The summed E-state index contributed by atoms with van der Waals surface area (Å²) in [4.78, 5) is 59.2. The Bertz CT molecular complexity index is 1600. The van der Waals surface area contributed by atoms with Gasteiger partial charge in [-0.25, -0.2) is 4.98 Å². The standard InChI is InChI=1S/C38H50N6O5/c1-24(2)21-40-38(49)33-19-27-13-6-7-14-28(27)22-44(33)23-34(45)31(18-25-10-4-3-5-11-25)42-37(48)32(20-35(39)46)43-36(47)30-17-16-26-12-8-9-15-29(26)41-30/h3-5,8-12,15-17,24,27-28,31-34,45H,6-7,13-14,18-23H2,1-2H3,(H2,39,46)(H,40,49)(H,42,48)(H,43,47)/t27-,28+,31-,32-,33-,34+/m0/s1. The van der Waals surface area contributed by atoms with Crippen LogP contribution in [0, 0.1) is 17.8 Å². The average Bonchev–Trinajstić information content (AvgIpc) is 3.09. The second-order valence-corrected chi connectivity index (χ2v) is 14.1. The third-order valence-electron chi connectivity index (χ3n) is 9.86. The number of carbonyl (C=O) groups excluding carboxylic acids is 4. The van der Waals surface area contributed by atoms with Gasteiger partial charge in [0.2, 0.25) is 17.7 Å². The van der Waals surface area contributed by atoms with Gasteiger partial charge in [-0.1, -0.05) is 87.7 Å². The van der Waals surface area contributed by atoms with Crippen molar-refractivity contribution in [3.8, 4) is 0 Å². The van der Waals surface area contributed by atoms with Gasteiger partial charge in [-0.3, -0.25) is 24.1 Å². The highest BCUT2D eigenvalue weighted by molar-refractivity contribution is 5.99. The molecule has 5 rings (SSSR count). The Balaban J connectivity index is 1.34. The lowest BCUT2D eigenvalue weighted by atomic mass is 9.72. The minimum Gasteiger partial charge on any atom is -0.390 e. The Labute approximate surface area is 288 Å². The fourth-order valence-corrected chi connectivity index (χ4v) is 7.23. The van der Waals surface area contributed by atoms with Gasteiger partial charge in [0.15, 0.2) is 0 Å². The average molecular weight is 671 g/mol. The highest BCUT2D eigenvalue weighted by Gasteiger charge is 2.41. The maximum absolute atomic E-state index is 13.8. The lowest BCUT2D eigenvalue weighted by molar-refractivity contribution is -0.132. The van der Waals surface area contributed by atoms with Crippen molar-refractivity contribution in [2.24, 2.45) is 23.5 Å². The third-order valence-corrected chi connectivity index (χ3v) is 9.86. The summed E-state index contributed by atoms with van der Waals surface area (Å²) < 4.78 is 0. The summed E-state index contributed by atoms with van der Waals surface area (Å²) in [6, 6.07) is 17.7. The van der Waals surface area contributed by atoms with Gasteiger partial charge in [-0.2, -0.15) is 0 Å². The van der Waals surface area contributed by atoms with Crippen molar-refractivity contribution >= 4 is 34.5 Å². The first-order chi connectivity index (χ1) is 23.6. The molecule has 262 valence electrons. The lowest BCUT2D eigenvalue weighted by Crippen LogP contribution is -2.60. The number of fused-ring (bicyclic) bond motifs is 2. The van der Waals surface area contributed by atoms with Gasteiger partial charge in [0, 0.05) is 25.0 Å². The van der Waals surface area contributed by atoms with Gasteiger partial charge in [-0.05, 0) is 54.7 Å². The highest BCUT2D eigenvalue weighted by atomic mass is 16.3. The molecule has 49 heavy (non-hydrogen) atoms. The number of rotatable bonds is 14. The number of para-hydroxylation sites is 1. The minimum atomic E-state index is -1.30. The topological polar surface area (TPSA) is 167 Å². The molecule has 4 amide bonds. The normalized spacial score (nSPS) is 21.3. The number of carbonyl (C=O) groups is 4. The molecule has 11 heteroatoms. The van der Waals surface area contributed by atoms with E-state index in [4.69, 9.17) is 5.73 Å². The Morgan fingerprint density at radius 1 is 0.939 bits per heavy atom. The molecule has 0 radical (unpaired) electrons. The van der Waals surface area contributed by atoms with Crippen LogP contribution in [-0.2, 0) is 20.8 Å². The number of nitrogens with zero attached hydrogens (tertiary/aromatic N) is 2. The van der Waals surface area contributed by atoms with Crippen molar-refractivity contribution < 1.29 is 24.3 Å². The van der Waals surface area contributed by atoms with Crippen molar-refractivity contribution in [1.29, 1.82) is 0 Å². The predicted octanol–water partition coefficient (Wildman–Crippen LogP) is 2.95. The first kappa shape index (κ1) is 35.9. The van der Waals surface area contributed by atoms with Crippen LogP contribution in [0.4, 0.5) is 0 Å². The first-order valence-corrected chi connectivity index (χ1v) is 17.6. The molecule has 1 aliphatic heterocycles. The molecule has 6 N–H and O–H groups in total. The van der Waals surface area contributed by atoms with Crippen LogP contribution in [-0.4, -0.2) is 82.5 Å². The van der Waals surface area contributed by atoms with E-state index in [-0.39, 0.29) is 24.2 Å². The van der Waals surface area contributed by atoms with Gasteiger partial charge in [0.25, 0.3) is 5.91 Å². The molecular formula is C38H50N6O5. The number of likely N-dealkylation sites (tertiary alicyclic amines) is 1. The Hall–Kier alpha value is -4.35. The number of benzene rings is 2. The van der Waals surface area contributed by atoms with Crippen molar-refractivity contribution in [3.63, 3.8) is 0 Å². The summed E-state index contributed by atoms with van der Waals surface area (Å²) in [5.74, 6) is -0.825. The molecule has 1 saturated carbocycles. The zero-order valence-corrected chi connectivity index (χ0v) is 28.5. The molecular weight excluding hydrogens is 620 g/mol. The van der Waals surface area contributed by atoms with Crippen LogP contribution >= 0.6 is 0 Å². The number of β-amino-alcohol motifs (C(OH)–C–C–N with tert-alkyl or cyclic N) is 1. The number of amides is 4. The smallest absolute Gasteiger partial charge is 0.270 e. The van der Waals surface area contributed by atoms with Gasteiger partial charge in [-0.15, -0.1) is 0 Å². The summed E-state index contributed by atoms with van der Waals surface area (Å²) in [6.07, 6.45) is 4.09. The fourth-order valence-electron chi connectivity index (χ4n) is 7.23. The maximum Gasteiger partial charge on any atom is 0.270 e. The first-order valence-electron chi connectivity index (χ1n) is 17.6. The summed E-state index contributed by atoms with van der Waals surface area (Å²) in [5, 5.41) is 21.4. The van der Waals surface area contributed by atoms with Crippen molar-refractivity contribution in [1.82, 2.24) is 25.8 Å². The van der Waals surface area contributed by atoms with E-state index >= 15 is 0 Å². The van der Waals surface area contributed by atoms with Crippen molar-refractivity contribution in [3.05, 3.63) is 78.0 Å². The van der Waals surface area contributed by atoms with Crippen LogP contribution in [0.5, 0.6) is 0 Å². The maximum atomic E-state index is 13.8. The summed E-state index contributed by atoms with van der Waals surface area (Å²) in [7, 11) is 0. The largest absolute Gasteiger partial charge is 0.390 e. The number of hydrogen-bond acceptors (Lipinski definition) is 7. The van der Waals surface area contributed by atoms with Crippen LogP contribution in [0.1, 0.15) is 68.4 Å². The molecule has 6 atom stereocenters. The van der Waals surface area contributed by atoms with Crippen molar-refractivity contribution in [2.45, 2.75) is 83.0 Å². The van der Waals surface area contributed by atoms with Crippen LogP contribution in [0.15, 0.2) is 66.7 Å². The van der Waals surface area contributed by atoms with Gasteiger partial charge in [0.1, 0.15) is 11.7 Å². The zero-order valence-electron chi connectivity index (χ0n) is 28.5.